The maximum atomic E-state index is 12.1. The highest BCUT2D eigenvalue weighted by Crippen LogP contribution is 2.15. The van der Waals surface area contributed by atoms with Crippen LogP contribution in [0.2, 0.25) is 0 Å². The Morgan fingerprint density at radius 2 is 1.95 bits per heavy atom. The number of hydrogen-bond donors (Lipinski definition) is 2. The molecule has 0 bridgehead atoms. The van der Waals surface area contributed by atoms with Crippen molar-refractivity contribution in [1.29, 1.82) is 0 Å². The summed E-state index contributed by atoms with van der Waals surface area (Å²) in [5.41, 5.74) is 6.19. The van der Waals surface area contributed by atoms with Gasteiger partial charge in [-0.2, -0.15) is 5.10 Å². The van der Waals surface area contributed by atoms with Gasteiger partial charge in [0.15, 0.2) is 0 Å². The summed E-state index contributed by atoms with van der Waals surface area (Å²) in [5, 5.41) is 3.93. The van der Waals surface area contributed by atoms with Crippen molar-refractivity contribution in [2.75, 3.05) is 6.54 Å². The largest absolute Gasteiger partial charge is 0.324 e. The standard InChI is InChI=1S/C11H22N4O2S.ClH/c1-5-11(12,6-2)8-14-18(16,17)10-7-13-15(4)9(10)3;/h7,14H,5-6,8,12H2,1-4H3;1H. The fourth-order valence-corrected chi connectivity index (χ4v) is 2.90. The first-order chi connectivity index (χ1) is 8.25. The molecule has 3 N–H and O–H groups in total. The van der Waals surface area contributed by atoms with Gasteiger partial charge in [0.2, 0.25) is 10.0 Å². The van der Waals surface area contributed by atoms with Crippen LogP contribution in [-0.4, -0.2) is 30.3 Å². The van der Waals surface area contributed by atoms with E-state index in [0.717, 1.165) is 12.8 Å². The normalized spacial score (nSPS) is 12.3. The summed E-state index contributed by atoms with van der Waals surface area (Å²) in [5.74, 6) is 0. The second-order valence-corrected chi connectivity index (χ2v) is 6.35. The molecule has 1 rings (SSSR count). The van der Waals surface area contributed by atoms with Gasteiger partial charge in [-0.1, -0.05) is 13.8 Å². The van der Waals surface area contributed by atoms with Crippen LogP contribution in [0.25, 0.3) is 0 Å². The molecule has 0 aliphatic heterocycles. The van der Waals surface area contributed by atoms with E-state index in [0.29, 0.717) is 5.69 Å². The number of sulfonamides is 1. The van der Waals surface area contributed by atoms with Crippen LogP contribution in [0.3, 0.4) is 0 Å². The van der Waals surface area contributed by atoms with Crippen LogP contribution in [-0.2, 0) is 17.1 Å². The smallest absolute Gasteiger partial charge is 0.244 e. The van der Waals surface area contributed by atoms with E-state index in [1.54, 1.807) is 14.0 Å². The molecule has 0 spiro atoms. The Morgan fingerprint density at radius 1 is 1.42 bits per heavy atom. The number of aryl methyl sites for hydroxylation is 1. The third-order valence-corrected chi connectivity index (χ3v) is 5.01. The molecule has 0 aromatic carbocycles. The summed E-state index contributed by atoms with van der Waals surface area (Å²) in [7, 11) is -1.83. The van der Waals surface area contributed by atoms with Crippen molar-refractivity contribution in [3.8, 4) is 0 Å². The topological polar surface area (TPSA) is 90.0 Å². The number of hydrogen-bond acceptors (Lipinski definition) is 4. The minimum Gasteiger partial charge on any atom is -0.324 e. The van der Waals surface area contributed by atoms with Gasteiger partial charge in [-0.05, 0) is 19.8 Å². The molecule has 8 heteroatoms. The quantitative estimate of drug-likeness (QED) is 0.818. The van der Waals surface area contributed by atoms with Crippen molar-refractivity contribution in [2.45, 2.75) is 44.0 Å². The molecular formula is C11H23ClN4O2S. The number of aromatic nitrogens is 2. The number of halogens is 1. The minimum atomic E-state index is -3.54. The van der Waals surface area contributed by atoms with E-state index in [-0.39, 0.29) is 23.8 Å². The monoisotopic (exact) mass is 310 g/mol. The zero-order chi connectivity index (χ0) is 14.0. The molecule has 0 aliphatic rings. The molecule has 1 heterocycles. The van der Waals surface area contributed by atoms with Crippen LogP contribution >= 0.6 is 12.4 Å². The van der Waals surface area contributed by atoms with Crippen LogP contribution in [0.4, 0.5) is 0 Å². The lowest BCUT2D eigenvalue weighted by Crippen LogP contribution is -2.49. The molecule has 0 fully saturated rings. The average Bonchev–Trinajstić information content (AvgIpc) is 2.68. The Balaban J connectivity index is 0.00000324. The SMILES string of the molecule is CCC(N)(CC)CNS(=O)(=O)c1cnn(C)c1C.Cl. The molecule has 19 heavy (non-hydrogen) atoms. The third kappa shape index (κ3) is 4.17. The van der Waals surface area contributed by atoms with Crippen molar-refractivity contribution in [3.63, 3.8) is 0 Å². The first kappa shape index (κ1) is 18.4. The lowest BCUT2D eigenvalue weighted by molar-refractivity contribution is 0.391. The van der Waals surface area contributed by atoms with Gasteiger partial charge in [-0.15, -0.1) is 12.4 Å². The molecule has 1 aromatic rings. The molecule has 6 nitrogen and oxygen atoms in total. The zero-order valence-corrected chi connectivity index (χ0v) is 13.4. The van der Waals surface area contributed by atoms with Crippen molar-refractivity contribution in [3.05, 3.63) is 11.9 Å². The van der Waals surface area contributed by atoms with Gasteiger partial charge in [0.25, 0.3) is 0 Å². The summed E-state index contributed by atoms with van der Waals surface area (Å²) >= 11 is 0. The van der Waals surface area contributed by atoms with E-state index in [9.17, 15) is 8.42 Å². The summed E-state index contributed by atoms with van der Waals surface area (Å²) in [6.45, 7) is 5.85. The molecule has 0 radical (unpaired) electrons. The molecule has 1 aromatic heterocycles. The van der Waals surface area contributed by atoms with Crippen molar-refractivity contribution >= 4 is 22.4 Å². The van der Waals surface area contributed by atoms with Gasteiger partial charge in [0.1, 0.15) is 4.90 Å². The maximum Gasteiger partial charge on any atom is 0.244 e. The predicted molar refractivity (Wildman–Crippen MR) is 77.9 cm³/mol. The van der Waals surface area contributed by atoms with E-state index in [4.69, 9.17) is 5.73 Å². The highest BCUT2D eigenvalue weighted by Gasteiger charge is 2.25. The average molecular weight is 311 g/mol. The summed E-state index contributed by atoms with van der Waals surface area (Å²) in [6.07, 6.45) is 2.80. The zero-order valence-electron chi connectivity index (χ0n) is 11.8. The first-order valence-electron chi connectivity index (χ1n) is 6.03. The number of nitrogens with one attached hydrogen (secondary N) is 1. The Hall–Kier alpha value is -0.630. The van der Waals surface area contributed by atoms with Crippen LogP contribution < -0.4 is 10.5 Å². The van der Waals surface area contributed by atoms with Crippen LogP contribution in [0.15, 0.2) is 11.1 Å². The van der Waals surface area contributed by atoms with Crippen molar-refractivity contribution in [1.82, 2.24) is 14.5 Å². The third-order valence-electron chi connectivity index (χ3n) is 3.50. The maximum absolute atomic E-state index is 12.1. The highest BCUT2D eigenvalue weighted by atomic mass is 35.5. The number of rotatable bonds is 6. The van der Waals surface area contributed by atoms with Gasteiger partial charge < -0.3 is 5.73 Å². The van der Waals surface area contributed by atoms with E-state index in [1.165, 1.54) is 10.9 Å². The fourth-order valence-electron chi connectivity index (χ4n) is 1.56. The summed E-state index contributed by atoms with van der Waals surface area (Å²) < 4.78 is 28.3. The second kappa shape index (κ2) is 6.69. The first-order valence-corrected chi connectivity index (χ1v) is 7.51. The lowest BCUT2D eigenvalue weighted by atomic mass is 9.95. The van der Waals surface area contributed by atoms with E-state index in [1.807, 2.05) is 13.8 Å². The van der Waals surface area contributed by atoms with E-state index >= 15 is 0 Å². The Morgan fingerprint density at radius 3 is 2.32 bits per heavy atom. The number of nitrogens with two attached hydrogens (primary N) is 1. The van der Waals surface area contributed by atoms with Gasteiger partial charge in [0.05, 0.1) is 11.9 Å². The van der Waals surface area contributed by atoms with Crippen LogP contribution in [0.1, 0.15) is 32.4 Å². The highest BCUT2D eigenvalue weighted by molar-refractivity contribution is 7.89. The predicted octanol–water partition coefficient (Wildman–Crippen LogP) is 0.946. The molecule has 0 aliphatic carbocycles. The molecular weight excluding hydrogens is 288 g/mol. The summed E-state index contributed by atoms with van der Waals surface area (Å²) in [6, 6.07) is 0. The summed E-state index contributed by atoms with van der Waals surface area (Å²) in [4.78, 5) is 0.208. The molecule has 112 valence electrons. The van der Waals surface area contributed by atoms with E-state index < -0.39 is 15.6 Å². The van der Waals surface area contributed by atoms with Gasteiger partial charge >= 0.3 is 0 Å². The van der Waals surface area contributed by atoms with Crippen LogP contribution in [0.5, 0.6) is 0 Å². The van der Waals surface area contributed by atoms with Crippen LogP contribution in [0, 0.1) is 6.92 Å². The van der Waals surface area contributed by atoms with Crippen molar-refractivity contribution in [2.24, 2.45) is 12.8 Å². The molecule has 0 amide bonds. The van der Waals surface area contributed by atoms with Gasteiger partial charge in [-0.25, -0.2) is 13.1 Å². The van der Waals surface area contributed by atoms with Gasteiger partial charge in [0, 0.05) is 19.1 Å². The molecule has 0 atom stereocenters. The van der Waals surface area contributed by atoms with Crippen molar-refractivity contribution < 1.29 is 8.42 Å². The molecule has 0 saturated carbocycles. The Bertz CT molecular complexity index is 509. The second-order valence-electron chi connectivity index (χ2n) is 4.61. The molecule has 0 saturated heterocycles. The minimum absolute atomic E-state index is 0. The fraction of sp³-hybridized carbons (Fsp3) is 0.727. The Kier molecular flexibility index (Phi) is 6.47. The van der Waals surface area contributed by atoms with Gasteiger partial charge in [-0.3, -0.25) is 4.68 Å². The lowest BCUT2D eigenvalue weighted by Gasteiger charge is -2.26. The number of nitrogens with zero attached hydrogens (tertiary/aromatic N) is 2. The molecule has 0 unspecified atom stereocenters. The van der Waals surface area contributed by atoms with E-state index in [2.05, 4.69) is 9.82 Å². The Labute approximate surface area is 121 Å².